The van der Waals surface area contributed by atoms with Crippen LogP contribution in [0.25, 0.3) is 0 Å². The molecule has 0 aliphatic carbocycles. The van der Waals surface area contributed by atoms with Gasteiger partial charge in [-0.05, 0) is 6.92 Å². The quantitative estimate of drug-likeness (QED) is 0.873. The number of nitrogens with zero attached hydrogens (tertiary/aromatic N) is 4. The number of carbonyl (C=O) groups excluding carboxylic acids is 1. The SMILES string of the molecule is Cc1cnc([C@H]2COCCN2C(=O)c2cnn(C)c2)[nH]1. The summed E-state index contributed by atoms with van der Waals surface area (Å²) < 4.78 is 7.12. The molecule has 1 aliphatic rings. The molecule has 0 bridgehead atoms. The number of carbonyl (C=O) groups is 1. The van der Waals surface area contributed by atoms with Crippen LogP contribution in [0.2, 0.25) is 0 Å². The lowest BCUT2D eigenvalue weighted by atomic mass is 10.2. The molecule has 2 aromatic heterocycles. The topological polar surface area (TPSA) is 76.0 Å². The molecule has 0 aromatic carbocycles. The Bertz CT molecular complexity index is 618. The van der Waals surface area contributed by atoms with E-state index in [1.165, 1.54) is 0 Å². The van der Waals surface area contributed by atoms with Gasteiger partial charge in [0.05, 0.1) is 25.0 Å². The lowest BCUT2D eigenvalue weighted by molar-refractivity contribution is -0.00501. The highest BCUT2D eigenvalue weighted by Crippen LogP contribution is 2.23. The van der Waals surface area contributed by atoms with Gasteiger partial charge in [0, 0.05) is 31.7 Å². The third-order valence-electron chi connectivity index (χ3n) is 3.38. The summed E-state index contributed by atoms with van der Waals surface area (Å²) in [6.07, 6.45) is 5.07. The third-order valence-corrected chi connectivity index (χ3v) is 3.38. The number of ether oxygens (including phenoxy) is 1. The maximum atomic E-state index is 12.6. The summed E-state index contributed by atoms with van der Waals surface area (Å²) >= 11 is 0. The van der Waals surface area contributed by atoms with E-state index in [9.17, 15) is 4.79 Å². The zero-order chi connectivity index (χ0) is 14.1. The summed E-state index contributed by atoms with van der Waals surface area (Å²) in [6, 6.07) is -0.176. The fourth-order valence-corrected chi connectivity index (χ4v) is 2.37. The van der Waals surface area contributed by atoms with Crippen molar-refractivity contribution in [2.45, 2.75) is 13.0 Å². The molecule has 1 fully saturated rings. The second kappa shape index (κ2) is 5.09. The summed E-state index contributed by atoms with van der Waals surface area (Å²) in [6.45, 7) is 3.49. The van der Waals surface area contributed by atoms with Crippen LogP contribution < -0.4 is 0 Å². The monoisotopic (exact) mass is 275 g/mol. The normalized spacial score (nSPS) is 19.3. The Hall–Kier alpha value is -2.15. The van der Waals surface area contributed by atoms with Crippen LogP contribution in [0.5, 0.6) is 0 Å². The summed E-state index contributed by atoms with van der Waals surface area (Å²) in [7, 11) is 1.80. The van der Waals surface area contributed by atoms with Gasteiger partial charge in [-0.2, -0.15) is 5.10 Å². The van der Waals surface area contributed by atoms with E-state index >= 15 is 0 Å². The van der Waals surface area contributed by atoms with Crippen LogP contribution in [-0.2, 0) is 11.8 Å². The molecular formula is C13H17N5O2. The first-order valence-electron chi connectivity index (χ1n) is 6.54. The highest BCUT2D eigenvalue weighted by Gasteiger charge is 2.31. The fourth-order valence-electron chi connectivity index (χ4n) is 2.37. The summed E-state index contributed by atoms with van der Waals surface area (Å²) in [5.41, 5.74) is 1.56. The lowest BCUT2D eigenvalue weighted by Crippen LogP contribution is -2.43. The Labute approximate surface area is 116 Å². The molecule has 7 nitrogen and oxygen atoms in total. The van der Waals surface area contributed by atoms with Crippen molar-refractivity contribution in [3.8, 4) is 0 Å². The molecule has 0 spiro atoms. The molecule has 1 amide bonds. The standard InChI is InChI=1S/C13H17N5O2/c1-9-5-14-12(16-9)11-8-20-4-3-18(11)13(19)10-6-15-17(2)7-10/h5-7,11H,3-4,8H2,1-2H3,(H,14,16)/t11-/m1/s1. The molecule has 106 valence electrons. The van der Waals surface area contributed by atoms with E-state index in [0.717, 1.165) is 11.5 Å². The fraction of sp³-hybridized carbons (Fsp3) is 0.462. The maximum Gasteiger partial charge on any atom is 0.257 e. The van der Waals surface area contributed by atoms with Crippen molar-refractivity contribution in [2.75, 3.05) is 19.8 Å². The minimum absolute atomic E-state index is 0.0412. The number of amides is 1. The predicted octanol–water partition coefficient (Wildman–Crippen LogP) is 0.665. The highest BCUT2D eigenvalue weighted by molar-refractivity contribution is 5.94. The Morgan fingerprint density at radius 1 is 1.50 bits per heavy atom. The van der Waals surface area contributed by atoms with Gasteiger partial charge in [-0.25, -0.2) is 4.98 Å². The molecular weight excluding hydrogens is 258 g/mol. The zero-order valence-corrected chi connectivity index (χ0v) is 11.5. The summed E-state index contributed by atoms with van der Waals surface area (Å²) in [5.74, 6) is 0.722. The molecule has 1 saturated heterocycles. The average molecular weight is 275 g/mol. The number of nitrogens with one attached hydrogen (secondary N) is 1. The molecule has 2 aromatic rings. The van der Waals surface area contributed by atoms with Crippen LogP contribution in [0, 0.1) is 6.92 Å². The van der Waals surface area contributed by atoms with Gasteiger partial charge < -0.3 is 14.6 Å². The number of hydrogen-bond acceptors (Lipinski definition) is 4. The van der Waals surface area contributed by atoms with Crippen molar-refractivity contribution in [3.63, 3.8) is 0 Å². The van der Waals surface area contributed by atoms with Crippen molar-refractivity contribution in [1.29, 1.82) is 0 Å². The Morgan fingerprint density at radius 3 is 3.00 bits per heavy atom. The number of aromatic nitrogens is 4. The molecule has 0 saturated carbocycles. The van der Waals surface area contributed by atoms with Gasteiger partial charge in [-0.3, -0.25) is 9.48 Å². The number of H-pyrrole nitrogens is 1. The second-order valence-corrected chi connectivity index (χ2v) is 4.94. The van der Waals surface area contributed by atoms with E-state index in [2.05, 4.69) is 15.1 Å². The van der Waals surface area contributed by atoms with E-state index in [1.54, 1.807) is 35.2 Å². The molecule has 1 atom stereocenters. The Morgan fingerprint density at radius 2 is 2.35 bits per heavy atom. The van der Waals surface area contributed by atoms with Crippen LogP contribution in [0.4, 0.5) is 0 Å². The molecule has 1 aliphatic heterocycles. The van der Waals surface area contributed by atoms with E-state index < -0.39 is 0 Å². The number of aryl methyl sites for hydroxylation is 2. The molecule has 7 heteroatoms. The van der Waals surface area contributed by atoms with Gasteiger partial charge in [-0.1, -0.05) is 0 Å². The van der Waals surface area contributed by atoms with Crippen LogP contribution in [0.1, 0.15) is 27.9 Å². The number of morpholine rings is 1. The first kappa shape index (κ1) is 12.9. The van der Waals surface area contributed by atoms with E-state index in [4.69, 9.17) is 4.74 Å². The minimum atomic E-state index is -0.176. The molecule has 3 heterocycles. The zero-order valence-electron chi connectivity index (χ0n) is 11.5. The maximum absolute atomic E-state index is 12.6. The van der Waals surface area contributed by atoms with Crippen LogP contribution in [0.15, 0.2) is 18.6 Å². The van der Waals surface area contributed by atoms with E-state index in [0.29, 0.717) is 25.3 Å². The molecule has 0 unspecified atom stereocenters. The third kappa shape index (κ3) is 2.32. The minimum Gasteiger partial charge on any atom is -0.377 e. The van der Waals surface area contributed by atoms with Gasteiger partial charge in [0.1, 0.15) is 11.9 Å². The van der Waals surface area contributed by atoms with Crippen LogP contribution >= 0.6 is 0 Å². The van der Waals surface area contributed by atoms with Crippen molar-refractivity contribution in [1.82, 2.24) is 24.6 Å². The average Bonchev–Trinajstić information content (AvgIpc) is 3.07. The largest absolute Gasteiger partial charge is 0.377 e. The lowest BCUT2D eigenvalue weighted by Gasteiger charge is -2.34. The second-order valence-electron chi connectivity index (χ2n) is 4.94. The Balaban J connectivity index is 1.87. The molecule has 1 N–H and O–H groups in total. The van der Waals surface area contributed by atoms with Crippen molar-refractivity contribution in [2.24, 2.45) is 7.05 Å². The van der Waals surface area contributed by atoms with Gasteiger partial charge in [-0.15, -0.1) is 0 Å². The van der Waals surface area contributed by atoms with Crippen LogP contribution in [-0.4, -0.2) is 50.3 Å². The summed E-state index contributed by atoms with van der Waals surface area (Å²) in [4.78, 5) is 21.9. The van der Waals surface area contributed by atoms with Crippen LogP contribution in [0.3, 0.4) is 0 Å². The number of hydrogen-bond donors (Lipinski definition) is 1. The molecule has 3 rings (SSSR count). The van der Waals surface area contributed by atoms with Crippen molar-refractivity contribution < 1.29 is 9.53 Å². The highest BCUT2D eigenvalue weighted by atomic mass is 16.5. The molecule has 20 heavy (non-hydrogen) atoms. The van der Waals surface area contributed by atoms with E-state index in [-0.39, 0.29) is 11.9 Å². The first-order chi connectivity index (χ1) is 9.65. The summed E-state index contributed by atoms with van der Waals surface area (Å²) in [5, 5.41) is 4.05. The number of aromatic amines is 1. The number of rotatable bonds is 2. The van der Waals surface area contributed by atoms with Crippen molar-refractivity contribution in [3.05, 3.63) is 35.7 Å². The predicted molar refractivity (Wildman–Crippen MR) is 71.1 cm³/mol. The van der Waals surface area contributed by atoms with Gasteiger partial charge in [0.2, 0.25) is 0 Å². The first-order valence-corrected chi connectivity index (χ1v) is 6.54. The number of imidazole rings is 1. The van der Waals surface area contributed by atoms with E-state index in [1.807, 2.05) is 6.92 Å². The smallest absolute Gasteiger partial charge is 0.257 e. The van der Waals surface area contributed by atoms with Crippen molar-refractivity contribution >= 4 is 5.91 Å². The van der Waals surface area contributed by atoms with Gasteiger partial charge in [0.15, 0.2) is 0 Å². The Kier molecular flexibility index (Phi) is 3.27. The van der Waals surface area contributed by atoms with Gasteiger partial charge in [0.25, 0.3) is 5.91 Å². The molecule has 0 radical (unpaired) electrons. The van der Waals surface area contributed by atoms with Gasteiger partial charge >= 0.3 is 0 Å².